The summed E-state index contributed by atoms with van der Waals surface area (Å²) < 4.78 is 0. The van der Waals surface area contributed by atoms with Gasteiger partial charge in [-0.15, -0.1) is 0 Å². The van der Waals surface area contributed by atoms with Crippen LogP contribution in [0.5, 0.6) is 0 Å². The Morgan fingerprint density at radius 2 is 1.88 bits per heavy atom. The van der Waals surface area contributed by atoms with E-state index in [-0.39, 0.29) is 6.04 Å². The summed E-state index contributed by atoms with van der Waals surface area (Å²) in [4.78, 5) is 7.47. The molecule has 2 unspecified atom stereocenters. The number of amidine groups is 1. The molecule has 3 N–H and O–H groups in total. The van der Waals surface area contributed by atoms with Gasteiger partial charge in [-0.3, -0.25) is 0 Å². The average molecular weight is 449 g/mol. The smallest absolute Gasteiger partial charge is 0.130 e. The summed E-state index contributed by atoms with van der Waals surface area (Å²) in [5.41, 5.74) is 15.3. The monoisotopic (exact) mass is 448 g/mol. The minimum atomic E-state index is -0.518. The number of fused-ring (bicyclic) bond motifs is 2. The van der Waals surface area contributed by atoms with Crippen molar-refractivity contribution in [2.45, 2.75) is 38.3 Å². The van der Waals surface area contributed by atoms with Crippen molar-refractivity contribution in [1.29, 1.82) is 0 Å². The quantitative estimate of drug-likeness (QED) is 0.454. The molecule has 0 spiro atoms. The molecule has 1 saturated heterocycles. The molecule has 0 aromatic heterocycles. The number of nitrogens with one attached hydrogen (secondary N) is 1. The van der Waals surface area contributed by atoms with Gasteiger partial charge in [-0.05, 0) is 55.5 Å². The number of nitrogens with zero attached hydrogens (tertiary/aromatic N) is 2. The fourth-order valence-electron chi connectivity index (χ4n) is 5.21. The van der Waals surface area contributed by atoms with Crippen LogP contribution in [0, 0.1) is 6.92 Å². The van der Waals surface area contributed by atoms with Crippen LogP contribution in [0.25, 0.3) is 11.8 Å². The zero-order valence-corrected chi connectivity index (χ0v) is 20.0. The molecule has 3 aromatic rings. The number of para-hydroxylation sites is 1. The third-order valence-corrected chi connectivity index (χ3v) is 7.00. The number of hydrogen-bond acceptors (Lipinski definition) is 4. The van der Waals surface area contributed by atoms with Gasteiger partial charge in [0.15, 0.2) is 0 Å². The van der Waals surface area contributed by atoms with E-state index in [2.05, 4.69) is 85.8 Å². The third kappa shape index (κ3) is 3.84. The molecular weight excluding hydrogens is 416 g/mol. The highest BCUT2D eigenvalue weighted by atomic mass is 15.3. The van der Waals surface area contributed by atoms with Gasteiger partial charge in [0.1, 0.15) is 5.84 Å². The number of hydrogen-bond donors (Lipinski definition) is 2. The first-order chi connectivity index (χ1) is 16.4. The summed E-state index contributed by atoms with van der Waals surface area (Å²) in [6, 6.07) is 23.1. The molecule has 0 amide bonds. The molecule has 2 heterocycles. The summed E-state index contributed by atoms with van der Waals surface area (Å²) in [5.74, 6) is 0.928. The number of benzene rings is 3. The standard InChI is InChI=1S/C30H32N4/c1-5-24-13-9-10-14-27(24)32-21(3)25-17-20(2)18-26-22(4)34-16-15-30(31,29(34)33-28(25)26)19-23-11-7-6-8-12-23/h5-14,17-18,21,32H,1,4,15-16,19,31H2,2-3H3. The number of nitrogens with two attached hydrogens (primary N) is 1. The lowest BCUT2D eigenvalue weighted by molar-refractivity contribution is 0.554. The fraction of sp³-hybridized carbons (Fsp3) is 0.233. The van der Waals surface area contributed by atoms with Gasteiger partial charge in [0.2, 0.25) is 0 Å². The van der Waals surface area contributed by atoms with E-state index in [1.807, 2.05) is 24.3 Å². The van der Waals surface area contributed by atoms with Crippen molar-refractivity contribution in [3.63, 3.8) is 0 Å². The lowest BCUT2D eigenvalue weighted by Gasteiger charge is -2.34. The Bertz CT molecular complexity index is 1290. The largest absolute Gasteiger partial charge is 0.378 e. The van der Waals surface area contributed by atoms with Gasteiger partial charge in [-0.2, -0.15) is 0 Å². The summed E-state index contributed by atoms with van der Waals surface area (Å²) in [6.45, 7) is 13.6. The van der Waals surface area contributed by atoms with E-state index < -0.39 is 5.54 Å². The molecule has 2 aliphatic rings. The lowest BCUT2D eigenvalue weighted by Crippen LogP contribution is -2.50. The number of rotatable bonds is 6. The van der Waals surface area contributed by atoms with E-state index in [0.29, 0.717) is 0 Å². The van der Waals surface area contributed by atoms with Gasteiger partial charge >= 0.3 is 0 Å². The van der Waals surface area contributed by atoms with Crippen LogP contribution in [0.2, 0.25) is 0 Å². The Morgan fingerprint density at radius 1 is 1.15 bits per heavy atom. The predicted octanol–water partition coefficient (Wildman–Crippen LogP) is 6.47. The molecule has 3 aromatic carbocycles. The molecule has 5 rings (SSSR count). The van der Waals surface area contributed by atoms with Gasteiger partial charge in [-0.25, -0.2) is 4.99 Å². The highest BCUT2D eigenvalue weighted by molar-refractivity contribution is 6.05. The molecule has 4 heteroatoms. The molecule has 0 radical (unpaired) electrons. The lowest BCUT2D eigenvalue weighted by atomic mass is 9.88. The SMILES string of the molecule is C=Cc1ccccc1NC(C)c1cc(C)cc2c1N=C1N(CCC1(N)Cc1ccccc1)C2=C. The highest BCUT2D eigenvalue weighted by Gasteiger charge is 2.44. The molecule has 2 atom stereocenters. The highest BCUT2D eigenvalue weighted by Crippen LogP contribution is 2.44. The zero-order valence-electron chi connectivity index (χ0n) is 20.0. The van der Waals surface area contributed by atoms with Gasteiger partial charge in [0, 0.05) is 29.1 Å². The van der Waals surface area contributed by atoms with Crippen LogP contribution in [0.4, 0.5) is 11.4 Å². The Morgan fingerprint density at radius 3 is 2.65 bits per heavy atom. The second kappa shape index (κ2) is 8.62. The third-order valence-electron chi connectivity index (χ3n) is 7.00. The second-order valence-corrected chi connectivity index (χ2v) is 9.51. The first-order valence-corrected chi connectivity index (χ1v) is 11.9. The fourth-order valence-corrected chi connectivity index (χ4v) is 5.21. The number of anilines is 1. The minimum absolute atomic E-state index is 0.0427. The molecular formula is C30H32N4. The van der Waals surface area contributed by atoms with Crippen LogP contribution in [0.1, 0.15) is 47.2 Å². The second-order valence-electron chi connectivity index (χ2n) is 9.51. The van der Waals surface area contributed by atoms with Gasteiger partial charge in [0.05, 0.1) is 17.3 Å². The van der Waals surface area contributed by atoms with Crippen molar-refractivity contribution in [3.8, 4) is 0 Å². The molecule has 0 saturated carbocycles. The molecule has 0 aliphatic carbocycles. The molecule has 0 bridgehead atoms. The van der Waals surface area contributed by atoms with E-state index in [1.54, 1.807) is 0 Å². The molecule has 34 heavy (non-hydrogen) atoms. The minimum Gasteiger partial charge on any atom is -0.378 e. The van der Waals surface area contributed by atoms with Gasteiger partial charge in [-0.1, -0.05) is 73.8 Å². The van der Waals surface area contributed by atoms with Crippen molar-refractivity contribution in [1.82, 2.24) is 4.90 Å². The maximum atomic E-state index is 7.04. The summed E-state index contributed by atoms with van der Waals surface area (Å²) in [6.07, 6.45) is 3.49. The number of aliphatic imine (C=N–C) groups is 1. The summed E-state index contributed by atoms with van der Waals surface area (Å²) in [7, 11) is 0. The Labute approximate surface area is 202 Å². The van der Waals surface area contributed by atoms with Crippen LogP contribution in [-0.4, -0.2) is 22.8 Å². The van der Waals surface area contributed by atoms with Crippen molar-refractivity contribution >= 4 is 29.0 Å². The Balaban J connectivity index is 1.56. The first-order valence-electron chi connectivity index (χ1n) is 11.9. The summed E-state index contributed by atoms with van der Waals surface area (Å²) in [5, 5.41) is 3.68. The molecule has 4 nitrogen and oxygen atoms in total. The number of aryl methyl sites for hydroxylation is 1. The van der Waals surface area contributed by atoms with Gasteiger partial charge in [0.25, 0.3) is 0 Å². The maximum absolute atomic E-state index is 7.04. The average Bonchev–Trinajstić information content (AvgIpc) is 3.16. The zero-order chi connectivity index (χ0) is 23.9. The first kappa shape index (κ1) is 22.2. The summed E-state index contributed by atoms with van der Waals surface area (Å²) >= 11 is 0. The van der Waals surface area contributed by atoms with Gasteiger partial charge < -0.3 is 16.0 Å². The van der Waals surface area contributed by atoms with Crippen LogP contribution in [0.3, 0.4) is 0 Å². The van der Waals surface area contributed by atoms with Crippen LogP contribution >= 0.6 is 0 Å². The van der Waals surface area contributed by atoms with Crippen molar-refractivity contribution < 1.29 is 0 Å². The van der Waals surface area contributed by atoms with Crippen LogP contribution in [0.15, 0.2) is 84.9 Å². The molecule has 172 valence electrons. The van der Waals surface area contributed by atoms with E-state index >= 15 is 0 Å². The topological polar surface area (TPSA) is 53.7 Å². The van der Waals surface area contributed by atoms with E-state index in [4.69, 9.17) is 10.7 Å². The predicted molar refractivity (Wildman–Crippen MR) is 144 cm³/mol. The van der Waals surface area contributed by atoms with Crippen LogP contribution in [-0.2, 0) is 6.42 Å². The van der Waals surface area contributed by atoms with Crippen molar-refractivity contribution in [2.24, 2.45) is 10.7 Å². The normalized spacial score (nSPS) is 19.8. The Kier molecular flexibility index (Phi) is 5.62. The van der Waals surface area contributed by atoms with E-state index in [1.165, 1.54) is 11.1 Å². The maximum Gasteiger partial charge on any atom is 0.130 e. The Hall–Kier alpha value is -3.63. The van der Waals surface area contributed by atoms with Crippen LogP contribution < -0.4 is 11.1 Å². The van der Waals surface area contributed by atoms with Crippen molar-refractivity contribution in [3.05, 3.63) is 108 Å². The molecule has 1 fully saturated rings. The van der Waals surface area contributed by atoms with E-state index in [9.17, 15) is 0 Å². The van der Waals surface area contributed by atoms with Crippen molar-refractivity contribution in [2.75, 3.05) is 11.9 Å². The van der Waals surface area contributed by atoms with E-state index in [0.717, 1.165) is 59.0 Å². The molecule has 2 aliphatic heterocycles.